The standard InChI is InChI=1S/C7H3BrClF2NO2/c8-3-2(6(10)11)1-12-5(4(3)9)7(13)14/h1,6H,(H,13,14). The second-order valence-electron chi connectivity index (χ2n) is 2.30. The van der Waals surface area contributed by atoms with Crippen LogP contribution >= 0.6 is 27.5 Å². The number of hydrogen-bond donors (Lipinski definition) is 1. The van der Waals surface area contributed by atoms with Crippen LogP contribution in [0.1, 0.15) is 22.5 Å². The van der Waals surface area contributed by atoms with Gasteiger partial charge in [0.1, 0.15) is 0 Å². The smallest absolute Gasteiger partial charge is 0.356 e. The zero-order valence-corrected chi connectivity index (χ0v) is 8.81. The first kappa shape index (κ1) is 11.3. The number of carboxylic acid groups (broad SMARTS) is 1. The number of carboxylic acids is 1. The molecule has 76 valence electrons. The molecule has 3 nitrogen and oxygen atoms in total. The monoisotopic (exact) mass is 285 g/mol. The summed E-state index contributed by atoms with van der Waals surface area (Å²) in [6, 6.07) is 0. The van der Waals surface area contributed by atoms with E-state index in [0.29, 0.717) is 0 Å². The van der Waals surface area contributed by atoms with Crippen molar-refractivity contribution >= 4 is 33.5 Å². The fourth-order valence-corrected chi connectivity index (χ4v) is 1.48. The van der Waals surface area contributed by atoms with E-state index in [9.17, 15) is 13.6 Å². The van der Waals surface area contributed by atoms with Gasteiger partial charge in [-0.3, -0.25) is 0 Å². The lowest BCUT2D eigenvalue weighted by molar-refractivity contribution is 0.0690. The molecule has 0 bridgehead atoms. The second kappa shape index (κ2) is 4.18. The van der Waals surface area contributed by atoms with E-state index in [1.807, 2.05) is 0 Å². The molecule has 14 heavy (non-hydrogen) atoms. The fraction of sp³-hybridized carbons (Fsp3) is 0.143. The van der Waals surface area contributed by atoms with Crippen LogP contribution in [0.5, 0.6) is 0 Å². The Hall–Kier alpha value is -0.750. The van der Waals surface area contributed by atoms with Crippen molar-refractivity contribution in [3.63, 3.8) is 0 Å². The molecule has 0 unspecified atom stereocenters. The number of halogens is 4. The molecule has 0 radical (unpaired) electrons. The summed E-state index contributed by atoms with van der Waals surface area (Å²) in [5.41, 5.74) is -0.886. The Morgan fingerprint density at radius 3 is 2.64 bits per heavy atom. The highest BCUT2D eigenvalue weighted by atomic mass is 79.9. The average molecular weight is 286 g/mol. The maximum Gasteiger partial charge on any atom is 0.356 e. The third kappa shape index (κ3) is 2.01. The van der Waals surface area contributed by atoms with Crippen molar-refractivity contribution in [3.8, 4) is 0 Å². The zero-order chi connectivity index (χ0) is 10.9. The Labute approximate surface area is 90.8 Å². The van der Waals surface area contributed by atoms with Crippen LogP contribution in [0.15, 0.2) is 10.7 Å². The van der Waals surface area contributed by atoms with Crippen molar-refractivity contribution in [2.45, 2.75) is 6.43 Å². The van der Waals surface area contributed by atoms with E-state index in [-0.39, 0.29) is 9.50 Å². The van der Waals surface area contributed by atoms with Crippen LogP contribution in [0.3, 0.4) is 0 Å². The average Bonchev–Trinajstić information content (AvgIpc) is 2.08. The number of rotatable bonds is 2. The van der Waals surface area contributed by atoms with Gasteiger partial charge in [0.2, 0.25) is 0 Å². The van der Waals surface area contributed by atoms with Crippen molar-refractivity contribution < 1.29 is 18.7 Å². The van der Waals surface area contributed by atoms with Crippen LogP contribution in [0.25, 0.3) is 0 Å². The van der Waals surface area contributed by atoms with Gasteiger partial charge < -0.3 is 5.11 Å². The molecule has 0 saturated heterocycles. The molecule has 0 fully saturated rings. The lowest BCUT2D eigenvalue weighted by atomic mass is 10.2. The maximum absolute atomic E-state index is 12.3. The van der Waals surface area contributed by atoms with Gasteiger partial charge in [-0.05, 0) is 15.9 Å². The molecule has 7 heteroatoms. The summed E-state index contributed by atoms with van der Waals surface area (Å²) < 4.78 is 24.4. The molecule has 1 heterocycles. The Balaban J connectivity index is 3.33. The van der Waals surface area contributed by atoms with Crippen molar-refractivity contribution in [1.82, 2.24) is 4.98 Å². The molecular formula is C7H3BrClF2NO2. The predicted octanol–water partition coefficient (Wildman–Crippen LogP) is 3.13. The first-order valence-electron chi connectivity index (χ1n) is 3.30. The summed E-state index contributed by atoms with van der Waals surface area (Å²) in [5, 5.41) is 8.24. The Morgan fingerprint density at radius 2 is 2.21 bits per heavy atom. The van der Waals surface area contributed by atoms with Crippen LogP contribution < -0.4 is 0 Å². The number of alkyl halides is 2. The molecule has 0 aromatic carbocycles. The predicted molar refractivity (Wildman–Crippen MR) is 48.9 cm³/mol. The quantitative estimate of drug-likeness (QED) is 0.908. The first-order chi connectivity index (χ1) is 6.45. The number of aromatic nitrogens is 1. The van der Waals surface area contributed by atoms with Gasteiger partial charge in [-0.15, -0.1) is 0 Å². The van der Waals surface area contributed by atoms with E-state index < -0.39 is 23.7 Å². The maximum atomic E-state index is 12.3. The van der Waals surface area contributed by atoms with Crippen molar-refractivity contribution in [2.24, 2.45) is 0 Å². The van der Waals surface area contributed by atoms with E-state index in [1.54, 1.807) is 0 Å². The van der Waals surface area contributed by atoms with E-state index >= 15 is 0 Å². The molecule has 0 aliphatic heterocycles. The minimum absolute atomic E-state index is 0.137. The summed E-state index contributed by atoms with van der Waals surface area (Å²) in [7, 11) is 0. The molecule has 1 aromatic heterocycles. The molecule has 0 aliphatic rings. The second-order valence-corrected chi connectivity index (χ2v) is 3.47. The van der Waals surface area contributed by atoms with E-state index in [1.165, 1.54) is 0 Å². The molecule has 1 rings (SSSR count). The van der Waals surface area contributed by atoms with E-state index in [0.717, 1.165) is 6.20 Å². The largest absolute Gasteiger partial charge is 0.476 e. The normalized spacial score (nSPS) is 10.6. The van der Waals surface area contributed by atoms with Gasteiger partial charge in [0.25, 0.3) is 6.43 Å². The first-order valence-corrected chi connectivity index (χ1v) is 4.47. The van der Waals surface area contributed by atoms with E-state index in [4.69, 9.17) is 16.7 Å². The van der Waals surface area contributed by atoms with E-state index in [2.05, 4.69) is 20.9 Å². The molecule has 0 aliphatic carbocycles. The van der Waals surface area contributed by atoms with Crippen molar-refractivity contribution in [1.29, 1.82) is 0 Å². The third-order valence-electron chi connectivity index (χ3n) is 1.42. The summed E-state index contributed by atoms with van der Waals surface area (Å²) >= 11 is 8.30. The Bertz CT molecular complexity index is 386. The number of hydrogen-bond acceptors (Lipinski definition) is 2. The molecule has 0 spiro atoms. The van der Waals surface area contributed by atoms with Gasteiger partial charge in [-0.1, -0.05) is 11.6 Å². The van der Waals surface area contributed by atoms with Gasteiger partial charge >= 0.3 is 5.97 Å². The highest BCUT2D eigenvalue weighted by molar-refractivity contribution is 9.10. The van der Waals surface area contributed by atoms with Crippen LogP contribution in [-0.2, 0) is 0 Å². The van der Waals surface area contributed by atoms with Crippen LogP contribution in [-0.4, -0.2) is 16.1 Å². The molecule has 0 saturated carbocycles. The summed E-state index contributed by atoms with van der Waals surface area (Å²) in [6.07, 6.45) is -1.97. The summed E-state index contributed by atoms with van der Waals surface area (Å²) in [5.74, 6) is -1.36. The Morgan fingerprint density at radius 1 is 1.64 bits per heavy atom. The fourth-order valence-electron chi connectivity index (χ4n) is 0.779. The molecule has 1 aromatic rings. The van der Waals surface area contributed by atoms with Crippen molar-refractivity contribution in [3.05, 3.63) is 26.9 Å². The van der Waals surface area contributed by atoms with Crippen LogP contribution in [0, 0.1) is 0 Å². The zero-order valence-electron chi connectivity index (χ0n) is 6.47. The number of carbonyl (C=O) groups is 1. The van der Waals surface area contributed by atoms with Crippen LogP contribution in [0.4, 0.5) is 8.78 Å². The topological polar surface area (TPSA) is 50.2 Å². The highest BCUT2D eigenvalue weighted by Gasteiger charge is 2.20. The number of aromatic carboxylic acids is 1. The number of nitrogens with zero attached hydrogens (tertiary/aromatic N) is 1. The van der Waals surface area contributed by atoms with Crippen molar-refractivity contribution in [2.75, 3.05) is 0 Å². The Kier molecular flexibility index (Phi) is 3.38. The van der Waals surface area contributed by atoms with Gasteiger partial charge in [0.15, 0.2) is 5.69 Å². The van der Waals surface area contributed by atoms with Gasteiger partial charge in [-0.2, -0.15) is 0 Å². The number of pyridine rings is 1. The van der Waals surface area contributed by atoms with Gasteiger partial charge in [-0.25, -0.2) is 18.6 Å². The molecule has 0 amide bonds. The lowest BCUT2D eigenvalue weighted by Crippen LogP contribution is -2.03. The minimum Gasteiger partial charge on any atom is -0.476 e. The van der Waals surface area contributed by atoms with Gasteiger partial charge in [0.05, 0.1) is 10.6 Å². The molecule has 1 N–H and O–H groups in total. The molecular weight excluding hydrogens is 283 g/mol. The van der Waals surface area contributed by atoms with Crippen LogP contribution in [0.2, 0.25) is 5.02 Å². The molecule has 0 atom stereocenters. The minimum atomic E-state index is -2.75. The van der Waals surface area contributed by atoms with Gasteiger partial charge in [0, 0.05) is 10.7 Å². The summed E-state index contributed by atoms with van der Waals surface area (Å²) in [6.45, 7) is 0. The highest BCUT2D eigenvalue weighted by Crippen LogP contribution is 2.33. The lowest BCUT2D eigenvalue weighted by Gasteiger charge is -2.05. The SMILES string of the molecule is O=C(O)c1ncc(C(F)F)c(Br)c1Cl. The summed E-state index contributed by atoms with van der Waals surface area (Å²) in [4.78, 5) is 13.8. The third-order valence-corrected chi connectivity index (χ3v) is 2.88.